The second kappa shape index (κ2) is 8.75. The summed E-state index contributed by atoms with van der Waals surface area (Å²) in [7, 11) is 0. The molecular formula is C23H24N4O2S. The summed E-state index contributed by atoms with van der Waals surface area (Å²) in [6, 6.07) is 17.9. The Morgan fingerprint density at radius 2 is 1.87 bits per heavy atom. The number of benzene rings is 2. The van der Waals surface area contributed by atoms with Crippen molar-refractivity contribution in [2.24, 2.45) is 0 Å². The van der Waals surface area contributed by atoms with E-state index in [2.05, 4.69) is 22.4 Å². The summed E-state index contributed by atoms with van der Waals surface area (Å²) in [5.41, 5.74) is 4.59. The van der Waals surface area contributed by atoms with E-state index in [0.29, 0.717) is 23.3 Å². The number of carbonyl (C=O) groups excluding carboxylic acids is 1. The number of hydrogen-bond acceptors (Lipinski definition) is 6. The third kappa shape index (κ3) is 3.98. The number of carbonyl (C=O) groups is 1. The molecule has 0 unspecified atom stereocenters. The van der Waals surface area contributed by atoms with Gasteiger partial charge < -0.3 is 10.1 Å². The second-order valence-corrected chi connectivity index (χ2v) is 8.02. The van der Waals surface area contributed by atoms with Crippen molar-refractivity contribution < 1.29 is 9.53 Å². The Balaban J connectivity index is 1.72. The third-order valence-corrected chi connectivity index (χ3v) is 5.93. The van der Waals surface area contributed by atoms with Gasteiger partial charge in [-0.3, -0.25) is 0 Å². The molecule has 154 valence electrons. The molecule has 7 heteroatoms. The lowest BCUT2D eigenvalue weighted by molar-refractivity contribution is -0.139. The highest BCUT2D eigenvalue weighted by molar-refractivity contribution is 7.98. The molecule has 1 atom stereocenters. The molecule has 2 heterocycles. The first-order valence-electron chi connectivity index (χ1n) is 9.92. The number of nitrogens with one attached hydrogen (secondary N) is 1. The van der Waals surface area contributed by atoms with Crippen molar-refractivity contribution >= 4 is 23.7 Å². The van der Waals surface area contributed by atoms with Crippen LogP contribution in [0, 0.1) is 6.92 Å². The Morgan fingerprint density at radius 3 is 2.60 bits per heavy atom. The van der Waals surface area contributed by atoms with Gasteiger partial charge in [-0.15, -0.1) is 5.10 Å². The molecule has 1 aliphatic heterocycles. The van der Waals surface area contributed by atoms with E-state index in [1.165, 1.54) is 5.56 Å². The first-order valence-corrected chi connectivity index (χ1v) is 10.9. The van der Waals surface area contributed by atoms with Gasteiger partial charge >= 0.3 is 5.97 Å². The topological polar surface area (TPSA) is 69.0 Å². The maximum Gasteiger partial charge on any atom is 0.338 e. The summed E-state index contributed by atoms with van der Waals surface area (Å²) in [6.07, 6.45) is 0. The van der Waals surface area contributed by atoms with Crippen LogP contribution < -0.4 is 5.32 Å². The van der Waals surface area contributed by atoms with Crippen molar-refractivity contribution in [2.45, 2.75) is 37.7 Å². The van der Waals surface area contributed by atoms with E-state index in [1.54, 1.807) is 16.4 Å². The number of thioether (sulfide) groups is 1. The van der Waals surface area contributed by atoms with Crippen LogP contribution in [-0.4, -0.2) is 27.3 Å². The van der Waals surface area contributed by atoms with E-state index in [4.69, 9.17) is 9.84 Å². The van der Waals surface area contributed by atoms with E-state index in [-0.39, 0.29) is 12.0 Å². The van der Waals surface area contributed by atoms with E-state index in [9.17, 15) is 4.79 Å². The monoisotopic (exact) mass is 420 g/mol. The molecule has 0 saturated heterocycles. The number of ether oxygens (including phenoxy) is 1. The lowest BCUT2D eigenvalue weighted by atomic mass is 9.93. The fourth-order valence-corrected chi connectivity index (χ4v) is 4.35. The van der Waals surface area contributed by atoms with Crippen molar-refractivity contribution in [3.63, 3.8) is 0 Å². The molecule has 0 saturated carbocycles. The Hall–Kier alpha value is -3.06. The fourth-order valence-electron chi connectivity index (χ4n) is 3.57. The highest BCUT2D eigenvalue weighted by Crippen LogP contribution is 2.38. The number of nitrogens with zero attached hydrogens (tertiary/aromatic N) is 3. The zero-order chi connectivity index (χ0) is 21.1. The molecule has 2 aromatic carbocycles. The molecule has 1 aliphatic rings. The van der Waals surface area contributed by atoms with Gasteiger partial charge in [-0.1, -0.05) is 66.4 Å². The maximum absolute atomic E-state index is 12.8. The molecule has 1 N–H and O–H groups in total. The first-order chi connectivity index (χ1) is 14.6. The SMILES string of the molecule is CCOC(=O)C1=C(C)Nc2nc(SCc3ccccc3)nn2[C@H]1c1ccccc1C. The van der Waals surface area contributed by atoms with Crippen LogP contribution in [0.1, 0.15) is 36.6 Å². The van der Waals surface area contributed by atoms with Gasteiger partial charge in [0.1, 0.15) is 6.04 Å². The van der Waals surface area contributed by atoms with Gasteiger partial charge in [-0.25, -0.2) is 9.48 Å². The van der Waals surface area contributed by atoms with Crippen LogP contribution in [0.5, 0.6) is 0 Å². The number of hydrogen-bond donors (Lipinski definition) is 1. The predicted octanol–water partition coefficient (Wildman–Crippen LogP) is 4.73. The summed E-state index contributed by atoms with van der Waals surface area (Å²) < 4.78 is 7.17. The van der Waals surface area contributed by atoms with E-state index >= 15 is 0 Å². The molecule has 0 bridgehead atoms. The number of fused-ring (bicyclic) bond motifs is 1. The molecule has 6 nitrogen and oxygen atoms in total. The molecule has 0 amide bonds. The summed E-state index contributed by atoms with van der Waals surface area (Å²) >= 11 is 1.57. The standard InChI is InChI=1S/C23H24N4O2S/c1-4-29-21(28)19-16(3)24-22-25-23(30-14-17-11-6-5-7-12-17)26-27(22)20(19)18-13-9-8-10-15(18)2/h5-13,20H,4,14H2,1-3H3,(H,24,25,26)/t20-/m0/s1. The molecule has 0 aliphatic carbocycles. The van der Waals surface area contributed by atoms with Crippen LogP contribution in [0.2, 0.25) is 0 Å². The van der Waals surface area contributed by atoms with Gasteiger partial charge in [0.05, 0.1) is 12.2 Å². The van der Waals surface area contributed by atoms with Gasteiger partial charge in [0.2, 0.25) is 11.1 Å². The van der Waals surface area contributed by atoms with E-state index in [0.717, 1.165) is 22.6 Å². The lowest BCUT2D eigenvalue weighted by Crippen LogP contribution is -2.30. The zero-order valence-electron chi connectivity index (χ0n) is 17.3. The van der Waals surface area contributed by atoms with Crippen molar-refractivity contribution in [1.29, 1.82) is 0 Å². The summed E-state index contributed by atoms with van der Waals surface area (Å²) in [5, 5.41) is 8.66. The second-order valence-electron chi connectivity index (χ2n) is 7.08. The molecule has 30 heavy (non-hydrogen) atoms. The summed E-state index contributed by atoms with van der Waals surface area (Å²) in [6.45, 7) is 6.05. The average molecular weight is 421 g/mol. The molecule has 1 aromatic heterocycles. The van der Waals surface area contributed by atoms with Crippen LogP contribution in [-0.2, 0) is 15.3 Å². The third-order valence-electron chi connectivity index (χ3n) is 5.02. The maximum atomic E-state index is 12.8. The van der Waals surface area contributed by atoms with Crippen molar-refractivity contribution in [3.8, 4) is 0 Å². The van der Waals surface area contributed by atoms with Gasteiger partial charge in [-0.2, -0.15) is 4.98 Å². The number of allylic oxidation sites excluding steroid dienone is 1. The summed E-state index contributed by atoms with van der Waals surface area (Å²) in [4.78, 5) is 17.5. The zero-order valence-corrected chi connectivity index (χ0v) is 18.1. The Bertz CT molecular complexity index is 1090. The molecule has 4 rings (SSSR count). The van der Waals surface area contributed by atoms with Crippen molar-refractivity contribution in [2.75, 3.05) is 11.9 Å². The van der Waals surface area contributed by atoms with Gasteiger partial charge in [0.15, 0.2) is 0 Å². The predicted molar refractivity (Wildman–Crippen MR) is 118 cm³/mol. The number of aryl methyl sites for hydroxylation is 1. The molecule has 0 radical (unpaired) electrons. The molecule has 0 fully saturated rings. The minimum atomic E-state index is -0.389. The Kier molecular flexibility index (Phi) is 5.90. The number of anilines is 1. The minimum Gasteiger partial charge on any atom is -0.463 e. The quantitative estimate of drug-likeness (QED) is 0.459. The lowest BCUT2D eigenvalue weighted by Gasteiger charge is -2.28. The average Bonchev–Trinajstić information content (AvgIpc) is 3.15. The van der Waals surface area contributed by atoms with Crippen molar-refractivity contribution in [3.05, 3.63) is 82.6 Å². The largest absolute Gasteiger partial charge is 0.463 e. The summed E-state index contributed by atoms with van der Waals surface area (Å²) in [5.74, 6) is 1.07. The molecule has 3 aromatic rings. The minimum absolute atomic E-state index is 0.318. The van der Waals surface area contributed by atoms with Crippen LogP contribution in [0.15, 0.2) is 71.0 Å². The van der Waals surface area contributed by atoms with Crippen LogP contribution in [0.3, 0.4) is 0 Å². The number of aromatic nitrogens is 3. The van der Waals surface area contributed by atoms with Gasteiger partial charge in [0.25, 0.3) is 0 Å². The van der Waals surface area contributed by atoms with Crippen LogP contribution >= 0.6 is 11.8 Å². The van der Waals surface area contributed by atoms with Crippen LogP contribution in [0.4, 0.5) is 5.95 Å². The molecule has 0 spiro atoms. The molecular weight excluding hydrogens is 396 g/mol. The van der Waals surface area contributed by atoms with Crippen LogP contribution in [0.25, 0.3) is 0 Å². The highest BCUT2D eigenvalue weighted by atomic mass is 32.2. The Morgan fingerprint density at radius 1 is 1.13 bits per heavy atom. The normalized spacial score (nSPS) is 15.5. The first kappa shape index (κ1) is 20.2. The number of esters is 1. The highest BCUT2D eigenvalue weighted by Gasteiger charge is 2.35. The van der Waals surface area contributed by atoms with E-state index < -0.39 is 0 Å². The van der Waals surface area contributed by atoms with E-state index in [1.807, 2.05) is 63.2 Å². The van der Waals surface area contributed by atoms with Crippen molar-refractivity contribution in [1.82, 2.24) is 14.8 Å². The smallest absolute Gasteiger partial charge is 0.338 e. The van der Waals surface area contributed by atoms with Gasteiger partial charge in [-0.05, 0) is 37.5 Å². The fraction of sp³-hybridized carbons (Fsp3) is 0.261. The van der Waals surface area contributed by atoms with Gasteiger partial charge in [0, 0.05) is 11.4 Å². The number of rotatable bonds is 6. The Labute approximate surface area is 180 Å².